The number of aromatic nitrogens is 1. The summed E-state index contributed by atoms with van der Waals surface area (Å²) in [4.78, 5) is 25.0. The zero-order valence-corrected chi connectivity index (χ0v) is 16.4. The van der Waals surface area contributed by atoms with Crippen molar-refractivity contribution in [1.29, 1.82) is 0 Å². The number of nitrogens with one attached hydrogen (secondary N) is 1. The molecule has 0 saturated carbocycles. The van der Waals surface area contributed by atoms with Crippen molar-refractivity contribution in [2.75, 3.05) is 7.11 Å². The lowest BCUT2D eigenvalue weighted by molar-refractivity contribution is -0.137. The summed E-state index contributed by atoms with van der Waals surface area (Å²) in [6.07, 6.45) is -1.85. The number of methoxy groups -OCH3 is 1. The maximum atomic E-state index is 12.8. The van der Waals surface area contributed by atoms with E-state index in [4.69, 9.17) is 4.74 Å². The van der Waals surface area contributed by atoms with Gasteiger partial charge in [-0.2, -0.15) is 18.3 Å². The van der Waals surface area contributed by atoms with Gasteiger partial charge in [0, 0.05) is 6.20 Å². The molecule has 0 spiro atoms. The second kappa shape index (κ2) is 9.29. The lowest BCUT2D eigenvalue weighted by Crippen LogP contribution is -2.30. The second-order valence-corrected chi connectivity index (χ2v) is 6.53. The summed E-state index contributed by atoms with van der Waals surface area (Å²) in [5.41, 5.74) is 1.67. The Kier molecular flexibility index (Phi) is 6.54. The molecule has 0 radical (unpaired) electrons. The molecule has 1 amide bonds. The summed E-state index contributed by atoms with van der Waals surface area (Å²) >= 11 is 0. The molecule has 0 saturated heterocycles. The quantitative estimate of drug-likeness (QED) is 0.480. The van der Waals surface area contributed by atoms with Gasteiger partial charge in [0.1, 0.15) is 11.3 Å². The number of carbonyl (C=O) groups excluding carboxylic acids is 1. The molecule has 9 heteroatoms. The molecule has 0 unspecified atom stereocenters. The Bertz CT molecular complexity index is 1150. The highest BCUT2D eigenvalue weighted by molar-refractivity contribution is 5.94. The fourth-order valence-electron chi connectivity index (χ4n) is 2.78. The number of pyridine rings is 1. The lowest BCUT2D eigenvalue weighted by Gasteiger charge is -2.08. The predicted octanol–water partition coefficient (Wildman–Crippen LogP) is 3.69. The van der Waals surface area contributed by atoms with E-state index in [0.717, 1.165) is 23.9 Å². The second-order valence-electron chi connectivity index (χ2n) is 6.53. The fourth-order valence-corrected chi connectivity index (χ4v) is 2.78. The molecule has 0 bridgehead atoms. The van der Waals surface area contributed by atoms with Gasteiger partial charge in [-0.25, -0.2) is 5.43 Å². The fraction of sp³-hybridized carbons (Fsp3) is 0.136. The molecule has 1 heterocycles. The third kappa shape index (κ3) is 5.59. The van der Waals surface area contributed by atoms with E-state index in [9.17, 15) is 22.8 Å². The van der Waals surface area contributed by atoms with Gasteiger partial charge in [-0.1, -0.05) is 24.3 Å². The van der Waals surface area contributed by atoms with Crippen LogP contribution in [0.25, 0.3) is 0 Å². The molecule has 0 aliphatic carbocycles. The first-order chi connectivity index (χ1) is 14.8. The number of rotatable bonds is 6. The van der Waals surface area contributed by atoms with E-state index < -0.39 is 23.2 Å². The smallest absolute Gasteiger partial charge is 0.416 e. The average molecular weight is 429 g/mol. The van der Waals surface area contributed by atoms with Crippen LogP contribution in [0, 0.1) is 0 Å². The van der Waals surface area contributed by atoms with Gasteiger partial charge in [0.2, 0.25) is 0 Å². The molecule has 1 aromatic heterocycles. The van der Waals surface area contributed by atoms with Crippen molar-refractivity contribution in [2.24, 2.45) is 5.10 Å². The first-order valence-corrected chi connectivity index (χ1v) is 9.11. The topological polar surface area (TPSA) is 72.7 Å². The molecule has 6 nitrogen and oxygen atoms in total. The van der Waals surface area contributed by atoms with Gasteiger partial charge >= 0.3 is 6.18 Å². The number of ether oxygens (including phenoxy) is 1. The number of halogens is 3. The van der Waals surface area contributed by atoms with Crippen LogP contribution in [0.15, 0.2) is 76.8 Å². The van der Waals surface area contributed by atoms with Crippen LogP contribution in [-0.4, -0.2) is 23.8 Å². The standard InChI is InChI=1S/C22H18F3N3O3/c1-31-18-9-7-15(8-10-18)14-28-11-3-6-19(21(28)30)20(29)27-26-13-16-4-2-5-17(12-16)22(23,24)25/h2-13H,14H2,1H3,(H,27,29)/b26-13-. The Balaban J connectivity index is 1.71. The Labute approximate surface area is 175 Å². The van der Waals surface area contributed by atoms with Crippen molar-refractivity contribution >= 4 is 12.1 Å². The third-order valence-corrected chi connectivity index (χ3v) is 4.37. The molecule has 160 valence electrons. The van der Waals surface area contributed by atoms with Gasteiger partial charge in [-0.3, -0.25) is 9.59 Å². The van der Waals surface area contributed by atoms with E-state index in [1.54, 1.807) is 43.6 Å². The minimum absolute atomic E-state index is 0.141. The van der Waals surface area contributed by atoms with Crippen LogP contribution in [0.2, 0.25) is 0 Å². The van der Waals surface area contributed by atoms with E-state index in [1.165, 1.54) is 22.8 Å². The number of nitrogens with zero attached hydrogens (tertiary/aromatic N) is 2. The van der Waals surface area contributed by atoms with Crippen LogP contribution in [-0.2, 0) is 12.7 Å². The Morgan fingerprint density at radius 3 is 2.55 bits per heavy atom. The molecule has 3 rings (SSSR count). The highest BCUT2D eigenvalue weighted by Crippen LogP contribution is 2.29. The number of amides is 1. The molecular formula is C22H18F3N3O3. The normalized spacial score (nSPS) is 11.5. The SMILES string of the molecule is COc1ccc(Cn2cccc(C(=O)N/N=C\c3cccc(C(F)(F)F)c3)c2=O)cc1. The van der Waals surface area contributed by atoms with Crippen molar-refractivity contribution in [1.82, 2.24) is 9.99 Å². The first-order valence-electron chi connectivity index (χ1n) is 9.11. The minimum atomic E-state index is -4.48. The van der Waals surface area contributed by atoms with Crippen LogP contribution in [0.1, 0.15) is 27.0 Å². The van der Waals surface area contributed by atoms with E-state index >= 15 is 0 Å². The zero-order chi connectivity index (χ0) is 22.4. The Hall–Kier alpha value is -3.88. The molecule has 0 atom stereocenters. The van der Waals surface area contributed by atoms with Crippen molar-refractivity contribution in [2.45, 2.75) is 12.7 Å². The largest absolute Gasteiger partial charge is 0.497 e. The van der Waals surface area contributed by atoms with Gasteiger partial charge < -0.3 is 9.30 Å². The zero-order valence-electron chi connectivity index (χ0n) is 16.4. The van der Waals surface area contributed by atoms with Crippen molar-refractivity contribution in [3.05, 3.63) is 99.5 Å². The molecule has 1 N–H and O–H groups in total. The first kappa shape index (κ1) is 21.8. The predicted molar refractivity (Wildman–Crippen MR) is 109 cm³/mol. The van der Waals surface area contributed by atoms with Crippen molar-refractivity contribution in [3.8, 4) is 5.75 Å². The van der Waals surface area contributed by atoms with Crippen LogP contribution >= 0.6 is 0 Å². The maximum Gasteiger partial charge on any atom is 0.416 e. The highest BCUT2D eigenvalue weighted by atomic mass is 19.4. The van der Waals surface area contributed by atoms with Gasteiger partial charge in [0.25, 0.3) is 11.5 Å². The molecular weight excluding hydrogens is 411 g/mol. The number of alkyl halides is 3. The van der Waals surface area contributed by atoms with Crippen LogP contribution in [0.5, 0.6) is 5.75 Å². The maximum absolute atomic E-state index is 12.8. The van der Waals surface area contributed by atoms with E-state index in [2.05, 4.69) is 10.5 Å². The van der Waals surface area contributed by atoms with Crippen LogP contribution in [0.3, 0.4) is 0 Å². The molecule has 0 aliphatic rings. The summed E-state index contributed by atoms with van der Waals surface area (Å²) < 4.78 is 44.7. The van der Waals surface area contributed by atoms with E-state index in [0.29, 0.717) is 5.75 Å². The van der Waals surface area contributed by atoms with Crippen molar-refractivity contribution in [3.63, 3.8) is 0 Å². The van der Waals surface area contributed by atoms with E-state index in [1.807, 2.05) is 0 Å². The minimum Gasteiger partial charge on any atom is -0.497 e. The van der Waals surface area contributed by atoms with Gasteiger partial charge in [0.15, 0.2) is 0 Å². The average Bonchev–Trinajstić information content (AvgIpc) is 2.75. The van der Waals surface area contributed by atoms with Crippen LogP contribution in [0.4, 0.5) is 13.2 Å². The molecule has 0 fully saturated rings. The van der Waals surface area contributed by atoms with Gasteiger partial charge in [0.05, 0.1) is 25.4 Å². The summed E-state index contributed by atoms with van der Waals surface area (Å²) in [6, 6.07) is 14.5. The summed E-state index contributed by atoms with van der Waals surface area (Å²) in [5, 5.41) is 3.66. The van der Waals surface area contributed by atoms with Crippen LogP contribution < -0.4 is 15.7 Å². The number of hydrogen-bond acceptors (Lipinski definition) is 4. The lowest BCUT2D eigenvalue weighted by atomic mass is 10.1. The molecule has 2 aromatic carbocycles. The monoisotopic (exact) mass is 429 g/mol. The number of carbonyl (C=O) groups is 1. The Morgan fingerprint density at radius 1 is 1.13 bits per heavy atom. The highest BCUT2D eigenvalue weighted by Gasteiger charge is 2.30. The molecule has 31 heavy (non-hydrogen) atoms. The van der Waals surface area contributed by atoms with Gasteiger partial charge in [-0.15, -0.1) is 0 Å². The summed E-state index contributed by atoms with van der Waals surface area (Å²) in [5.74, 6) is -0.0832. The summed E-state index contributed by atoms with van der Waals surface area (Å²) in [7, 11) is 1.55. The third-order valence-electron chi connectivity index (χ3n) is 4.37. The summed E-state index contributed by atoms with van der Waals surface area (Å²) in [6.45, 7) is 0.247. The van der Waals surface area contributed by atoms with Crippen molar-refractivity contribution < 1.29 is 22.7 Å². The number of hydrazone groups is 1. The Morgan fingerprint density at radius 2 is 1.87 bits per heavy atom. The molecule has 3 aromatic rings. The van der Waals surface area contributed by atoms with E-state index in [-0.39, 0.29) is 17.7 Å². The number of hydrogen-bond donors (Lipinski definition) is 1. The van der Waals surface area contributed by atoms with Gasteiger partial charge in [-0.05, 0) is 47.5 Å². The molecule has 0 aliphatic heterocycles. The number of benzene rings is 2.